The summed E-state index contributed by atoms with van der Waals surface area (Å²) in [5.74, 6) is 1.79. The third-order valence-electron chi connectivity index (χ3n) is 5.01. The van der Waals surface area contributed by atoms with Gasteiger partial charge in [-0.15, -0.1) is 6.58 Å². The summed E-state index contributed by atoms with van der Waals surface area (Å²) >= 11 is 0. The van der Waals surface area contributed by atoms with Crippen molar-refractivity contribution >= 4 is 0 Å². The van der Waals surface area contributed by atoms with Crippen LogP contribution >= 0.6 is 0 Å². The van der Waals surface area contributed by atoms with Gasteiger partial charge in [0.15, 0.2) is 0 Å². The Morgan fingerprint density at radius 3 is 2.29 bits per heavy atom. The second-order valence-corrected chi connectivity index (χ2v) is 6.77. The van der Waals surface area contributed by atoms with Crippen LogP contribution in [0.3, 0.4) is 0 Å². The average Bonchev–Trinajstić information content (AvgIpc) is 2.50. The molecule has 0 N–H and O–H groups in total. The van der Waals surface area contributed by atoms with E-state index in [1.54, 1.807) is 0 Å². The van der Waals surface area contributed by atoms with E-state index in [0.717, 1.165) is 30.8 Å². The van der Waals surface area contributed by atoms with Crippen LogP contribution in [0.5, 0.6) is 0 Å². The number of allylic oxidation sites excluding steroid dienone is 3. The van der Waals surface area contributed by atoms with Gasteiger partial charge in [0, 0.05) is 18.6 Å². The summed E-state index contributed by atoms with van der Waals surface area (Å²) in [5, 5.41) is 0. The van der Waals surface area contributed by atoms with E-state index in [1.807, 2.05) is 0 Å². The molecule has 0 radical (unpaired) electrons. The van der Waals surface area contributed by atoms with Gasteiger partial charge in [-0.25, -0.2) is 0 Å². The zero-order chi connectivity index (χ0) is 15.7. The number of rotatable bonds is 8. The lowest BCUT2D eigenvalue weighted by Crippen LogP contribution is -2.43. The van der Waals surface area contributed by atoms with E-state index in [2.05, 4.69) is 69.6 Å². The maximum absolute atomic E-state index is 4.01. The summed E-state index contributed by atoms with van der Waals surface area (Å²) in [6, 6.07) is 1.24. The molecule has 1 fully saturated rings. The molecule has 0 aromatic rings. The Bertz CT molecular complexity index is 332. The molecular formula is C20H35N. The van der Waals surface area contributed by atoms with Gasteiger partial charge < -0.3 is 0 Å². The summed E-state index contributed by atoms with van der Waals surface area (Å²) in [6.07, 6.45) is 17.4. The lowest BCUT2D eigenvalue weighted by Gasteiger charge is -2.40. The fraction of sp³-hybridized carbons (Fsp3) is 0.700. The molecular weight excluding hydrogens is 254 g/mol. The quantitative estimate of drug-likeness (QED) is 0.415. The van der Waals surface area contributed by atoms with Gasteiger partial charge in [0.1, 0.15) is 0 Å². The first-order chi connectivity index (χ1) is 10.1. The molecule has 1 saturated carbocycles. The molecule has 1 rings (SSSR count). The topological polar surface area (TPSA) is 3.24 Å². The molecule has 0 amide bonds. The Morgan fingerprint density at radius 1 is 1.10 bits per heavy atom. The van der Waals surface area contributed by atoms with E-state index in [-0.39, 0.29) is 0 Å². The van der Waals surface area contributed by atoms with Crippen LogP contribution in [-0.2, 0) is 0 Å². The number of nitrogens with zero attached hydrogens (tertiary/aromatic N) is 1. The largest absolute Gasteiger partial charge is 0.294 e. The fourth-order valence-electron chi connectivity index (χ4n) is 3.46. The molecule has 1 heteroatoms. The zero-order valence-corrected chi connectivity index (χ0v) is 14.6. The van der Waals surface area contributed by atoms with Crippen LogP contribution in [0.1, 0.15) is 59.8 Å². The van der Waals surface area contributed by atoms with Gasteiger partial charge >= 0.3 is 0 Å². The van der Waals surface area contributed by atoms with Crippen molar-refractivity contribution in [1.82, 2.24) is 4.90 Å². The zero-order valence-electron chi connectivity index (χ0n) is 14.6. The molecule has 1 aliphatic rings. The molecule has 0 aromatic heterocycles. The van der Waals surface area contributed by atoms with Crippen molar-refractivity contribution in [2.75, 3.05) is 6.54 Å². The van der Waals surface area contributed by atoms with E-state index in [9.17, 15) is 0 Å². The van der Waals surface area contributed by atoms with Gasteiger partial charge in [-0.05, 0) is 57.8 Å². The maximum Gasteiger partial charge on any atom is 0.0250 e. The minimum Gasteiger partial charge on any atom is -0.294 e. The SMILES string of the molecule is C=CC(C)N(CC/C=C\C=C\C)C1CCC(C(C)C)CC1. The third-order valence-corrected chi connectivity index (χ3v) is 5.01. The van der Waals surface area contributed by atoms with E-state index in [4.69, 9.17) is 0 Å². The van der Waals surface area contributed by atoms with Crippen molar-refractivity contribution in [3.63, 3.8) is 0 Å². The van der Waals surface area contributed by atoms with Crippen molar-refractivity contribution in [3.05, 3.63) is 37.0 Å². The highest BCUT2D eigenvalue weighted by atomic mass is 15.2. The summed E-state index contributed by atoms with van der Waals surface area (Å²) in [6.45, 7) is 14.3. The monoisotopic (exact) mass is 289 g/mol. The van der Waals surface area contributed by atoms with Gasteiger partial charge in [0.05, 0.1) is 0 Å². The fourth-order valence-corrected chi connectivity index (χ4v) is 3.46. The lowest BCUT2D eigenvalue weighted by molar-refractivity contribution is 0.107. The molecule has 1 unspecified atom stereocenters. The predicted octanol–water partition coefficient (Wildman–Crippen LogP) is 5.60. The number of hydrogen-bond acceptors (Lipinski definition) is 1. The number of hydrogen-bond donors (Lipinski definition) is 0. The van der Waals surface area contributed by atoms with Crippen LogP contribution in [0, 0.1) is 11.8 Å². The molecule has 1 nitrogen and oxygen atoms in total. The predicted molar refractivity (Wildman–Crippen MR) is 95.5 cm³/mol. The Balaban J connectivity index is 2.52. The summed E-state index contributed by atoms with van der Waals surface area (Å²) in [4.78, 5) is 2.67. The van der Waals surface area contributed by atoms with Crippen molar-refractivity contribution in [2.45, 2.75) is 71.9 Å². The van der Waals surface area contributed by atoms with Crippen LogP contribution in [0.2, 0.25) is 0 Å². The normalized spacial score (nSPS) is 25.2. The molecule has 120 valence electrons. The summed E-state index contributed by atoms with van der Waals surface area (Å²) in [5.41, 5.74) is 0. The maximum atomic E-state index is 4.01. The van der Waals surface area contributed by atoms with Gasteiger partial charge in [0.2, 0.25) is 0 Å². The minimum atomic E-state index is 0.487. The van der Waals surface area contributed by atoms with E-state index >= 15 is 0 Å². The van der Waals surface area contributed by atoms with Crippen LogP contribution in [0.4, 0.5) is 0 Å². The van der Waals surface area contributed by atoms with E-state index < -0.39 is 0 Å². The standard InChI is InChI=1S/C20H35N/c1-6-8-9-10-11-16-21(18(5)7-2)20-14-12-19(13-15-20)17(3)4/h6-10,17-20H,2,11-16H2,1,3-5H3/b8-6+,10-9-. The molecule has 0 saturated heterocycles. The lowest BCUT2D eigenvalue weighted by atomic mass is 9.79. The molecule has 0 heterocycles. The Morgan fingerprint density at radius 2 is 1.76 bits per heavy atom. The van der Waals surface area contributed by atoms with Crippen molar-refractivity contribution in [2.24, 2.45) is 11.8 Å². The first-order valence-electron chi connectivity index (χ1n) is 8.76. The second kappa shape index (κ2) is 10.00. The molecule has 1 aliphatic carbocycles. The molecule has 0 spiro atoms. The first-order valence-corrected chi connectivity index (χ1v) is 8.76. The first kappa shape index (κ1) is 18.2. The Labute approximate surface area is 132 Å². The third kappa shape index (κ3) is 6.22. The van der Waals surface area contributed by atoms with Crippen molar-refractivity contribution in [1.29, 1.82) is 0 Å². The van der Waals surface area contributed by atoms with Crippen LogP contribution in [0.15, 0.2) is 37.0 Å². The highest BCUT2D eigenvalue weighted by Gasteiger charge is 2.28. The van der Waals surface area contributed by atoms with E-state index in [0.29, 0.717) is 6.04 Å². The minimum absolute atomic E-state index is 0.487. The molecule has 21 heavy (non-hydrogen) atoms. The Kier molecular flexibility index (Phi) is 8.68. The van der Waals surface area contributed by atoms with Gasteiger partial charge in [0.25, 0.3) is 0 Å². The highest BCUT2D eigenvalue weighted by Crippen LogP contribution is 2.33. The smallest absolute Gasteiger partial charge is 0.0250 e. The molecule has 0 aliphatic heterocycles. The average molecular weight is 290 g/mol. The Hall–Kier alpha value is -0.820. The molecule has 0 aromatic carbocycles. The molecule has 0 bridgehead atoms. The van der Waals surface area contributed by atoms with Crippen molar-refractivity contribution < 1.29 is 0 Å². The van der Waals surface area contributed by atoms with Gasteiger partial charge in [-0.2, -0.15) is 0 Å². The van der Waals surface area contributed by atoms with Crippen molar-refractivity contribution in [3.8, 4) is 0 Å². The summed E-state index contributed by atoms with van der Waals surface area (Å²) < 4.78 is 0. The highest BCUT2D eigenvalue weighted by molar-refractivity contribution is 5.01. The van der Waals surface area contributed by atoms with Gasteiger partial charge in [-0.3, -0.25) is 4.90 Å². The van der Waals surface area contributed by atoms with E-state index in [1.165, 1.54) is 25.7 Å². The second-order valence-electron chi connectivity index (χ2n) is 6.77. The van der Waals surface area contributed by atoms with Crippen LogP contribution in [0.25, 0.3) is 0 Å². The van der Waals surface area contributed by atoms with Crippen LogP contribution in [-0.4, -0.2) is 23.5 Å². The molecule has 1 atom stereocenters. The van der Waals surface area contributed by atoms with Crippen LogP contribution < -0.4 is 0 Å². The summed E-state index contributed by atoms with van der Waals surface area (Å²) in [7, 11) is 0. The van der Waals surface area contributed by atoms with Gasteiger partial charge in [-0.1, -0.05) is 44.2 Å².